The van der Waals surface area contributed by atoms with Gasteiger partial charge in [-0.2, -0.15) is 0 Å². The third-order valence-corrected chi connectivity index (χ3v) is 3.05. The summed E-state index contributed by atoms with van der Waals surface area (Å²) in [5, 5.41) is 7.37. The van der Waals surface area contributed by atoms with E-state index in [0.29, 0.717) is 18.5 Å². The first kappa shape index (κ1) is 15.4. The molecule has 3 N–H and O–H groups in total. The van der Waals surface area contributed by atoms with E-state index < -0.39 is 0 Å². The normalized spacial score (nSPS) is 13.4. The molecule has 0 fully saturated rings. The van der Waals surface area contributed by atoms with Gasteiger partial charge in [0.15, 0.2) is 0 Å². The zero-order valence-electron chi connectivity index (χ0n) is 11.1. The van der Waals surface area contributed by atoms with Crippen LogP contribution < -0.4 is 5.73 Å². The Morgan fingerprint density at radius 2 is 1.94 bits per heavy atom. The third-order valence-electron chi connectivity index (χ3n) is 3.05. The highest BCUT2D eigenvalue weighted by molar-refractivity contribution is 5.77. The molecule has 0 spiro atoms. The molecule has 0 aliphatic carbocycles. The molecule has 96 valence electrons. The molecule has 0 heterocycles. The second-order valence-corrected chi connectivity index (χ2v) is 4.28. The van der Waals surface area contributed by atoms with Crippen LogP contribution in [0.1, 0.15) is 40.0 Å². The second kappa shape index (κ2) is 8.53. The Hall–Kier alpha value is -0.610. The molecule has 1 unspecified atom stereocenters. The molecule has 0 bridgehead atoms. The van der Waals surface area contributed by atoms with E-state index in [0.717, 1.165) is 26.0 Å². The highest BCUT2D eigenvalue weighted by Gasteiger charge is 2.21. The number of hydrogen-bond donors (Lipinski definition) is 2. The number of nitrogens with zero attached hydrogens (tertiary/aromatic N) is 1. The quantitative estimate of drug-likeness (QED) is 0.468. The van der Waals surface area contributed by atoms with Crippen molar-refractivity contribution in [3.05, 3.63) is 0 Å². The van der Waals surface area contributed by atoms with E-state index >= 15 is 0 Å². The van der Waals surface area contributed by atoms with Gasteiger partial charge in [-0.1, -0.05) is 13.8 Å². The van der Waals surface area contributed by atoms with Crippen molar-refractivity contribution >= 4 is 5.84 Å². The Kier molecular flexibility index (Phi) is 8.21. The molecule has 0 aliphatic rings. The van der Waals surface area contributed by atoms with Crippen LogP contribution in [0.25, 0.3) is 0 Å². The molecule has 4 nitrogen and oxygen atoms in total. The number of hydrogen-bond acceptors (Lipinski definition) is 3. The van der Waals surface area contributed by atoms with E-state index in [4.69, 9.17) is 15.9 Å². The Labute approximate surface area is 99.7 Å². The summed E-state index contributed by atoms with van der Waals surface area (Å²) in [6.45, 7) is 8.19. The number of amidine groups is 1. The maximum absolute atomic E-state index is 7.37. The molecule has 1 atom stereocenters. The van der Waals surface area contributed by atoms with E-state index in [-0.39, 0.29) is 5.84 Å². The molecule has 4 heteroatoms. The van der Waals surface area contributed by atoms with E-state index in [1.54, 1.807) is 7.11 Å². The van der Waals surface area contributed by atoms with Crippen LogP contribution in [0.2, 0.25) is 0 Å². The molecule has 0 amide bonds. The molecule has 0 aromatic rings. The largest absolute Gasteiger partial charge is 0.388 e. The van der Waals surface area contributed by atoms with Crippen molar-refractivity contribution in [3.63, 3.8) is 0 Å². The fourth-order valence-corrected chi connectivity index (χ4v) is 2.15. The summed E-state index contributed by atoms with van der Waals surface area (Å²) < 4.78 is 5.14. The zero-order chi connectivity index (χ0) is 12.6. The van der Waals surface area contributed by atoms with Crippen LogP contribution in [0.15, 0.2) is 0 Å². The fraction of sp³-hybridized carbons (Fsp3) is 0.917. The summed E-state index contributed by atoms with van der Waals surface area (Å²) in [5.41, 5.74) is 5.47. The summed E-state index contributed by atoms with van der Waals surface area (Å²) in [7, 11) is 1.72. The molecule has 0 aromatic heterocycles. The number of nitrogens with one attached hydrogen (secondary N) is 1. The molecular formula is C12H27N3O. The van der Waals surface area contributed by atoms with Crippen LogP contribution in [0.4, 0.5) is 0 Å². The van der Waals surface area contributed by atoms with Crippen LogP contribution in [-0.2, 0) is 4.74 Å². The van der Waals surface area contributed by atoms with Crippen molar-refractivity contribution in [2.24, 2.45) is 5.73 Å². The monoisotopic (exact) mass is 229 g/mol. The van der Waals surface area contributed by atoms with Gasteiger partial charge < -0.3 is 10.5 Å². The third kappa shape index (κ3) is 5.47. The van der Waals surface area contributed by atoms with Gasteiger partial charge in [0.2, 0.25) is 0 Å². The van der Waals surface area contributed by atoms with Gasteiger partial charge in [0.1, 0.15) is 0 Å². The van der Waals surface area contributed by atoms with Crippen LogP contribution in [0, 0.1) is 5.41 Å². The molecule has 0 saturated heterocycles. The van der Waals surface area contributed by atoms with Gasteiger partial charge >= 0.3 is 0 Å². The lowest BCUT2D eigenvalue weighted by Crippen LogP contribution is -2.44. The maximum atomic E-state index is 7.37. The lowest BCUT2D eigenvalue weighted by atomic mass is 10.1. The smallest absolute Gasteiger partial charge is 0.0920 e. The SMILES string of the molecule is CCC(CC)N(CCOC)C(C)CC(=N)N. The van der Waals surface area contributed by atoms with Crippen molar-refractivity contribution in [2.75, 3.05) is 20.3 Å². The molecule has 16 heavy (non-hydrogen) atoms. The topological polar surface area (TPSA) is 62.3 Å². The van der Waals surface area contributed by atoms with Crippen LogP contribution in [0.5, 0.6) is 0 Å². The first-order valence-electron chi connectivity index (χ1n) is 6.14. The van der Waals surface area contributed by atoms with Crippen LogP contribution in [-0.4, -0.2) is 43.1 Å². The first-order chi connectivity index (χ1) is 7.56. The first-order valence-corrected chi connectivity index (χ1v) is 6.14. The van der Waals surface area contributed by atoms with E-state index in [1.165, 1.54) is 0 Å². The average molecular weight is 229 g/mol. The highest BCUT2D eigenvalue weighted by Crippen LogP contribution is 2.14. The Morgan fingerprint density at radius 1 is 1.38 bits per heavy atom. The zero-order valence-corrected chi connectivity index (χ0v) is 11.1. The van der Waals surface area contributed by atoms with Gasteiger partial charge in [0, 0.05) is 32.2 Å². The predicted molar refractivity (Wildman–Crippen MR) is 68.9 cm³/mol. The van der Waals surface area contributed by atoms with E-state index in [2.05, 4.69) is 25.7 Å². The molecule has 0 aromatic carbocycles. The molecule has 0 saturated carbocycles. The lowest BCUT2D eigenvalue weighted by molar-refractivity contribution is 0.0877. The van der Waals surface area contributed by atoms with Gasteiger partial charge in [-0.3, -0.25) is 10.3 Å². The summed E-state index contributed by atoms with van der Waals surface area (Å²) in [5.74, 6) is 0.265. The molecule has 0 aliphatic heterocycles. The summed E-state index contributed by atoms with van der Waals surface area (Å²) >= 11 is 0. The fourth-order valence-electron chi connectivity index (χ4n) is 2.15. The lowest BCUT2D eigenvalue weighted by Gasteiger charge is -2.35. The van der Waals surface area contributed by atoms with Crippen LogP contribution >= 0.6 is 0 Å². The number of ether oxygens (including phenoxy) is 1. The van der Waals surface area contributed by atoms with Gasteiger partial charge in [-0.25, -0.2) is 0 Å². The van der Waals surface area contributed by atoms with Gasteiger partial charge in [-0.05, 0) is 19.8 Å². The van der Waals surface area contributed by atoms with Crippen molar-refractivity contribution in [1.82, 2.24) is 4.90 Å². The number of nitrogens with two attached hydrogens (primary N) is 1. The van der Waals surface area contributed by atoms with Crippen molar-refractivity contribution in [2.45, 2.75) is 52.1 Å². The number of rotatable bonds is 9. The number of methoxy groups -OCH3 is 1. The second-order valence-electron chi connectivity index (χ2n) is 4.28. The van der Waals surface area contributed by atoms with Gasteiger partial charge in [0.25, 0.3) is 0 Å². The van der Waals surface area contributed by atoms with E-state index in [9.17, 15) is 0 Å². The minimum absolute atomic E-state index is 0.265. The Morgan fingerprint density at radius 3 is 2.31 bits per heavy atom. The molecule has 0 radical (unpaired) electrons. The van der Waals surface area contributed by atoms with Crippen molar-refractivity contribution in [3.8, 4) is 0 Å². The highest BCUT2D eigenvalue weighted by atomic mass is 16.5. The Balaban J connectivity index is 4.43. The minimum atomic E-state index is 0.265. The van der Waals surface area contributed by atoms with Crippen molar-refractivity contribution in [1.29, 1.82) is 5.41 Å². The standard InChI is InChI=1S/C12H27N3O/c1-5-11(6-2)15(7-8-16-4)10(3)9-12(13)14/h10-11H,5-9H2,1-4H3,(H3,13,14). The maximum Gasteiger partial charge on any atom is 0.0920 e. The van der Waals surface area contributed by atoms with Crippen molar-refractivity contribution < 1.29 is 4.74 Å². The van der Waals surface area contributed by atoms with Crippen LogP contribution in [0.3, 0.4) is 0 Å². The summed E-state index contributed by atoms with van der Waals surface area (Å²) in [4.78, 5) is 2.41. The summed E-state index contributed by atoms with van der Waals surface area (Å²) in [6.07, 6.45) is 2.89. The average Bonchev–Trinajstić information content (AvgIpc) is 2.23. The summed E-state index contributed by atoms with van der Waals surface area (Å²) in [6, 6.07) is 0.877. The Bertz CT molecular complexity index is 193. The predicted octanol–water partition coefficient (Wildman–Crippen LogP) is 1.84. The van der Waals surface area contributed by atoms with Gasteiger partial charge in [-0.15, -0.1) is 0 Å². The van der Waals surface area contributed by atoms with Gasteiger partial charge in [0.05, 0.1) is 12.4 Å². The minimum Gasteiger partial charge on any atom is -0.388 e. The van der Waals surface area contributed by atoms with E-state index in [1.807, 2.05) is 0 Å². The molecule has 0 rings (SSSR count). The molecular weight excluding hydrogens is 202 g/mol.